The van der Waals surface area contributed by atoms with Crippen LogP contribution in [0, 0.1) is 5.82 Å². The van der Waals surface area contributed by atoms with Crippen LogP contribution in [0.25, 0.3) is 0 Å². The Kier molecular flexibility index (Phi) is 3.67. The normalized spacial score (nSPS) is 10.1. The van der Waals surface area contributed by atoms with Gasteiger partial charge < -0.3 is 15.8 Å². The molecule has 0 saturated heterocycles. The van der Waals surface area contributed by atoms with Crippen molar-refractivity contribution in [2.45, 2.75) is 6.92 Å². The molecule has 2 aromatic rings. The van der Waals surface area contributed by atoms with Gasteiger partial charge in [0.05, 0.1) is 23.7 Å². The van der Waals surface area contributed by atoms with Gasteiger partial charge in [0.25, 0.3) is 0 Å². The second kappa shape index (κ2) is 5.40. The van der Waals surface area contributed by atoms with Gasteiger partial charge >= 0.3 is 0 Å². The van der Waals surface area contributed by atoms with E-state index in [0.29, 0.717) is 23.7 Å². The molecule has 0 unspecified atom stereocenters. The maximum atomic E-state index is 13.2. The van der Waals surface area contributed by atoms with Gasteiger partial charge in [-0.2, -0.15) is 0 Å². The molecule has 4 heteroatoms. The minimum Gasteiger partial charge on any atom is -0.492 e. The zero-order chi connectivity index (χ0) is 13.0. The third kappa shape index (κ3) is 2.71. The van der Waals surface area contributed by atoms with Crippen LogP contribution in [0.3, 0.4) is 0 Å². The minimum absolute atomic E-state index is 0.333. The summed E-state index contributed by atoms with van der Waals surface area (Å²) in [6, 6.07) is 11.7. The van der Waals surface area contributed by atoms with Crippen molar-refractivity contribution >= 4 is 17.1 Å². The quantitative estimate of drug-likeness (QED) is 0.811. The van der Waals surface area contributed by atoms with Gasteiger partial charge in [0.1, 0.15) is 11.6 Å². The second-order valence-corrected chi connectivity index (χ2v) is 3.79. The Morgan fingerprint density at radius 3 is 2.72 bits per heavy atom. The number of nitrogen functional groups attached to an aromatic ring is 1. The molecule has 0 spiro atoms. The van der Waals surface area contributed by atoms with Crippen molar-refractivity contribution in [1.29, 1.82) is 0 Å². The van der Waals surface area contributed by atoms with Crippen molar-refractivity contribution in [2.24, 2.45) is 0 Å². The minimum atomic E-state index is -0.333. The molecule has 0 aliphatic rings. The summed E-state index contributed by atoms with van der Waals surface area (Å²) in [5, 5.41) is 3.08. The zero-order valence-electron chi connectivity index (χ0n) is 10.1. The molecule has 0 saturated carbocycles. The van der Waals surface area contributed by atoms with E-state index in [1.807, 2.05) is 31.2 Å². The van der Waals surface area contributed by atoms with E-state index in [-0.39, 0.29) is 5.82 Å². The fourth-order valence-electron chi connectivity index (χ4n) is 1.63. The van der Waals surface area contributed by atoms with E-state index >= 15 is 0 Å². The van der Waals surface area contributed by atoms with Crippen LogP contribution in [-0.4, -0.2) is 6.61 Å². The molecule has 0 radical (unpaired) electrons. The van der Waals surface area contributed by atoms with Crippen LogP contribution in [0.4, 0.5) is 21.5 Å². The molecule has 0 atom stereocenters. The SMILES string of the molecule is CCOc1ccccc1Nc1cc(F)ccc1N. The average molecular weight is 246 g/mol. The van der Waals surface area contributed by atoms with Gasteiger partial charge in [0, 0.05) is 0 Å². The van der Waals surface area contributed by atoms with E-state index in [0.717, 1.165) is 5.69 Å². The molecule has 0 aliphatic carbocycles. The molecule has 0 bridgehead atoms. The van der Waals surface area contributed by atoms with Gasteiger partial charge in [-0.3, -0.25) is 0 Å². The Labute approximate surface area is 105 Å². The van der Waals surface area contributed by atoms with Gasteiger partial charge in [-0.25, -0.2) is 4.39 Å². The van der Waals surface area contributed by atoms with Crippen LogP contribution in [0.2, 0.25) is 0 Å². The number of para-hydroxylation sites is 2. The molecule has 0 heterocycles. The van der Waals surface area contributed by atoms with Gasteiger partial charge in [-0.05, 0) is 37.3 Å². The summed E-state index contributed by atoms with van der Waals surface area (Å²) in [7, 11) is 0. The van der Waals surface area contributed by atoms with Crippen molar-refractivity contribution in [3.8, 4) is 5.75 Å². The molecule has 18 heavy (non-hydrogen) atoms. The van der Waals surface area contributed by atoms with E-state index in [4.69, 9.17) is 10.5 Å². The summed E-state index contributed by atoms with van der Waals surface area (Å²) in [6.07, 6.45) is 0. The molecule has 2 rings (SSSR count). The largest absolute Gasteiger partial charge is 0.492 e. The zero-order valence-corrected chi connectivity index (χ0v) is 10.1. The highest BCUT2D eigenvalue weighted by Crippen LogP contribution is 2.30. The van der Waals surface area contributed by atoms with Gasteiger partial charge in [0.2, 0.25) is 0 Å². The topological polar surface area (TPSA) is 47.3 Å². The molecule has 3 nitrogen and oxygen atoms in total. The summed E-state index contributed by atoms with van der Waals surface area (Å²) >= 11 is 0. The van der Waals surface area contributed by atoms with Gasteiger partial charge in [0.15, 0.2) is 0 Å². The van der Waals surface area contributed by atoms with Crippen molar-refractivity contribution in [3.63, 3.8) is 0 Å². The molecular weight excluding hydrogens is 231 g/mol. The Hall–Kier alpha value is -2.23. The first kappa shape index (κ1) is 12.2. The third-order valence-corrected chi connectivity index (χ3v) is 2.47. The van der Waals surface area contributed by atoms with Crippen molar-refractivity contribution < 1.29 is 9.13 Å². The van der Waals surface area contributed by atoms with E-state index in [1.54, 1.807) is 0 Å². The lowest BCUT2D eigenvalue weighted by Gasteiger charge is -2.13. The Morgan fingerprint density at radius 1 is 1.17 bits per heavy atom. The number of hydrogen-bond acceptors (Lipinski definition) is 3. The molecular formula is C14H15FN2O. The highest BCUT2D eigenvalue weighted by molar-refractivity contribution is 5.75. The lowest BCUT2D eigenvalue weighted by atomic mass is 10.2. The van der Waals surface area contributed by atoms with Crippen LogP contribution < -0.4 is 15.8 Å². The van der Waals surface area contributed by atoms with Gasteiger partial charge in [-0.1, -0.05) is 12.1 Å². The first-order valence-electron chi connectivity index (χ1n) is 5.74. The lowest BCUT2D eigenvalue weighted by molar-refractivity contribution is 0.342. The van der Waals surface area contributed by atoms with Crippen LogP contribution in [0.1, 0.15) is 6.92 Å². The number of rotatable bonds is 4. The van der Waals surface area contributed by atoms with Crippen molar-refractivity contribution in [1.82, 2.24) is 0 Å². The molecule has 2 aromatic carbocycles. The number of anilines is 3. The first-order chi connectivity index (χ1) is 8.70. The van der Waals surface area contributed by atoms with E-state index in [9.17, 15) is 4.39 Å². The van der Waals surface area contributed by atoms with Crippen molar-refractivity contribution in [2.75, 3.05) is 17.7 Å². The number of hydrogen-bond donors (Lipinski definition) is 2. The Bertz CT molecular complexity index is 543. The summed E-state index contributed by atoms with van der Waals surface area (Å²) in [6.45, 7) is 2.48. The number of nitrogens with two attached hydrogens (primary N) is 1. The maximum absolute atomic E-state index is 13.2. The second-order valence-electron chi connectivity index (χ2n) is 3.79. The lowest BCUT2D eigenvalue weighted by Crippen LogP contribution is -2.00. The van der Waals surface area contributed by atoms with Crippen LogP contribution in [0.15, 0.2) is 42.5 Å². The molecule has 3 N–H and O–H groups in total. The summed E-state index contributed by atoms with van der Waals surface area (Å²) in [5.74, 6) is 0.379. The van der Waals surface area contributed by atoms with Gasteiger partial charge in [-0.15, -0.1) is 0 Å². The highest BCUT2D eigenvalue weighted by atomic mass is 19.1. The molecule has 0 aliphatic heterocycles. The van der Waals surface area contributed by atoms with Crippen LogP contribution in [0.5, 0.6) is 5.75 Å². The number of nitrogens with one attached hydrogen (secondary N) is 1. The number of benzene rings is 2. The predicted molar refractivity (Wildman–Crippen MR) is 71.7 cm³/mol. The molecule has 94 valence electrons. The number of halogens is 1. The van der Waals surface area contributed by atoms with E-state index in [2.05, 4.69) is 5.32 Å². The third-order valence-electron chi connectivity index (χ3n) is 2.47. The Balaban J connectivity index is 2.30. The van der Waals surface area contributed by atoms with E-state index in [1.165, 1.54) is 18.2 Å². The summed E-state index contributed by atoms with van der Waals surface area (Å²) in [5.41, 5.74) is 7.57. The van der Waals surface area contributed by atoms with Crippen LogP contribution in [-0.2, 0) is 0 Å². The summed E-state index contributed by atoms with van der Waals surface area (Å²) in [4.78, 5) is 0. The first-order valence-corrected chi connectivity index (χ1v) is 5.74. The monoisotopic (exact) mass is 246 g/mol. The standard InChI is InChI=1S/C14H15FN2O/c1-2-18-14-6-4-3-5-12(14)17-13-9-10(15)7-8-11(13)16/h3-9,17H,2,16H2,1H3. The van der Waals surface area contributed by atoms with Crippen LogP contribution >= 0.6 is 0 Å². The highest BCUT2D eigenvalue weighted by Gasteiger charge is 2.06. The maximum Gasteiger partial charge on any atom is 0.142 e. The molecule has 0 fully saturated rings. The number of ether oxygens (including phenoxy) is 1. The fraction of sp³-hybridized carbons (Fsp3) is 0.143. The smallest absolute Gasteiger partial charge is 0.142 e. The fourth-order valence-corrected chi connectivity index (χ4v) is 1.63. The molecule has 0 aromatic heterocycles. The predicted octanol–water partition coefficient (Wildman–Crippen LogP) is 3.55. The van der Waals surface area contributed by atoms with Crippen molar-refractivity contribution in [3.05, 3.63) is 48.3 Å². The average Bonchev–Trinajstić information content (AvgIpc) is 2.36. The van der Waals surface area contributed by atoms with E-state index < -0.39 is 0 Å². The Morgan fingerprint density at radius 2 is 1.94 bits per heavy atom. The molecule has 0 amide bonds. The summed E-state index contributed by atoms with van der Waals surface area (Å²) < 4.78 is 18.7.